The highest BCUT2D eigenvalue weighted by Gasteiger charge is 2.36. The SMILES string of the molecule is CC(C)c1nc2cc(CN3CC[C@H](C)C3)cc(C(F)(F)F)c2o1. The summed E-state index contributed by atoms with van der Waals surface area (Å²) in [6, 6.07) is 2.93. The lowest BCUT2D eigenvalue weighted by atomic mass is 10.1. The number of hydrogen-bond acceptors (Lipinski definition) is 3. The Kier molecular flexibility index (Phi) is 4.12. The zero-order chi connectivity index (χ0) is 16.8. The first-order chi connectivity index (χ1) is 10.7. The molecule has 0 bridgehead atoms. The molecular formula is C17H21F3N2O. The first-order valence-electron chi connectivity index (χ1n) is 7.97. The molecule has 126 valence electrons. The van der Waals surface area contributed by atoms with E-state index in [9.17, 15) is 13.2 Å². The van der Waals surface area contributed by atoms with Crippen molar-refractivity contribution < 1.29 is 17.6 Å². The van der Waals surface area contributed by atoms with Crippen LogP contribution in [0.5, 0.6) is 0 Å². The number of hydrogen-bond donors (Lipinski definition) is 0. The highest BCUT2D eigenvalue weighted by Crippen LogP contribution is 2.37. The molecule has 23 heavy (non-hydrogen) atoms. The Hall–Kier alpha value is -1.56. The Bertz CT molecular complexity index is 706. The van der Waals surface area contributed by atoms with Crippen LogP contribution in [0.2, 0.25) is 0 Å². The summed E-state index contributed by atoms with van der Waals surface area (Å²) < 4.78 is 45.5. The molecule has 1 aromatic heterocycles. The summed E-state index contributed by atoms with van der Waals surface area (Å²) in [5.74, 6) is 0.893. The minimum absolute atomic E-state index is 0.0497. The molecule has 0 N–H and O–H groups in total. The highest BCUT2D eigenvalue weighted by atomic mass is 19.4. The van der Waals surface area contributed by atoms with E-state index in [-0.39, 0.29) is 11.5 Å². The third-order valence-corrected chi connectivity index (χ3v) is 4.28. The predicted octanol–water partition coefficient (Wildman–Crippen LogP) is 4.81. The van der Waals surface area contributed by atoms with Crippen LogP contribution < -0.4 is 0 Å². The largest absolute Gasteiger partial charge is 0.440 e. The normalized spacial score (nSPS) is 20.0. The van der Waals surface area contributed by atoms with Crippen LogP contribution in [-0.2, 0) is 12.7 Å². The van der Waals surface area contributed by atoms with Crippen molar-refractivity contribution in [3.8, 4) is 0 Å². The van der Waals surface area contributed by atoms with Crippen LogP contribution in [0.15, 0.2) is 16.5 Å². The van der Waals surface area contributed by atoms with Gasteiger partial charge in [-0.1, -0.05) is 20.8 Å². The standard InChI is InChI=1S/C17H21F3N2O/c1-10(2)16-21-14-7-12(9-22-5-4-11(3)8-22)6-13(15(14)23-16)17(18,19)20/h6-7,10-11H,4-5,8-9H2,1-3H3/t11-/m0/s1. The van der Waals surface area contributed by atoms with Crippen LogP contribution in [0, 0.1) is 5.92 Å². The van der Waals surface area contributed by atoms with E-state index in [1.807, 2.05) is 13.8 Å². The fourth-order valence-electron chi connectivity index (χ4n) is 3.09. The minimum Gasteiger partial charge on any atom is -0.440 e. The lowest BCUT2D eigenvalue weighted by molar-refractivity contribution is -0.136. The van der Waals surface area contributed by atoms with Crippen LogP contribution in [-0.4, -0.2) is 23.0 Å². The molecule has 1 aliphatic heterocycles. The van der Waals surface area contributed by atoms with Crippen LogP contribution in [0.1, 0.15) is 50.1 Å². The Morgan fingerprint density at radius 1 is 1.35 bits per heavy atom. The molecule has 1 aliphatic rings. The molecule has 1 fully saturated rings. The fourth-order valence-corrected chi connectivity index (χ4v) is 3.09. The zero-order valence-electron chi connectivity index (χ0n) is 13.6. The van der Waals surface area contributed by atoms with E-state index in [2.05, 4.69) is 16.8 Å². The van der Waals surface area contributed by atoms with Crippen molar-refractivity contribution in [3.63, 3.8) is 0 Å². The van der Waals surface area contributed by atoms with Gasteiger partial charge in [0.15, 0.2) is 11.5 Å². The number of likely N-dealkylation sites (tertiary alicyclic amines) is 1. The summed E-state index contributed by atoms with van der Waals surface area (Å²) in [5.41, 5.74) is 0.0599. The number of rotatable bonds is 3. The Morgan fingerprint density at radius 2 is 2.09 bits per heavy atom. The van der Waals surface area contributed by atoms with Gasteiger partial charge in [-0.05, 0) is 36.6 Å². The summed E-state index contributed by atoms with van der Waals surface area (Å²) in [6.45, 7) is 8.24. The van der Waals surface area contributed by atoms with Crippen molar-refractivity contribution >= 4 is 11.1 Å². The third kappa shape index (κ3) is 3.37. The first-order valence-corrected chi connectivity index (χ1v) is 7.97. The second-order valence-corrected chi connectivity index (χ2v) is 6.83. The maximum Gasteiger partial charge on any atom is 0.420 e. The lowest BCUT2D eigenvalue weighted by Crippen LogP contribution is -2.20. The van der Waals surface area contributed by atoms with Crippen molar-refractivity contribution in [2.75, 3.05) is 13.1 Å². The Balaban J connectivity index is 2.02. The average Bonchev–Trinajstić information content (AvgIpc) is 3.03. The van der Waals surface area contributed by atoms with E-state index in [1.165, 1.54) is 6.07 Å². The van der Waals surface area contributed by atoms with Gasteiger partial charge in [0.2, 0.25) is 0 Å². The number of benzene rings is 1. The van der Waals surface area contributed by atoms with Gasteiger partial charge in [-0.15, -0.1) is 0 Å². The van der Waals surface area contributed by atoms with E-state index in [0.29, 0.717) is 29.4 Å². The van der Waals surface area contributed by atoms with Crippen molar-refractivity contribution in [2.24, 2.45) is 5.92 Å². The number of aromatic nitrogens is 1. The molecule has 0 aliphatic carbocycles. The van der Waals surface area contributed by atoms with Gasteiger partial charge < -0.3 is 4.42 Å². The van der Waals surface area contributed by atoms with E-state index in [4.69, 9.17) is 4.42 Å². The molecule has 1 saturated heterocycles. The van der Waals surface area contributed by atoms with Gasteiger partial charge in [0.25, 0.3) is 0 Å². The van der Waals surface area contributed by atoms with Gasteiger partial charge in [-0.3, -0.25) is 4.90 Å². The van der Waals surface area contributed by atoms with Crippen LogP contribution in [0.4, 0.5) is 13.2 Å². The molecule has 2 heterocycles. The molecule has 0 amide bonds. The Morgan fingerprint density at radius 3 is 2.65 bits per heavy atom. The zero-order valence-corrected chi connectivity index (χ0v) is 13.6. The quantitative estimate of drug-likeness (QED) is 0.810. The lowest BCUT2D eigenvalue weighted by Gasteiger charge is -2.16. The summed E-state index contributed by atoms with van der Waals surface area (Å²) in [5, 5.41) is 0. The van der Waals surface area contributed by atoms with Crippen LogP contribution in [0.3, 0.4) is 0 Å². The maximum absolute atomic E-state index is 13.4. The van der Waals surface area contributed by atoms with E-state index in [0.717, 1.165) is 19.5 Å². The monoisotopic (exact) mass is 326 g/mol. The smallest absolute Gasteiger partial charge is 0.420 e. The van der Waals surface area contributed by atoms with E-state index < -0.39 is 11.7 Å². The van der Waals surface area contributed by atoms with Gasteiger partial charge in [0, 0.05) is 19.0 Å². The molecule has 0 saturated carbocycles. The molecule has 0 spiro atoms. The van der Waals surface area contributed by atoms with E-state index in [1.54, 1.807) is 6.07 Å². The number of oxazole rings is 1. The summed E-state index contributed by atoms with van der Waals surface area (Å²) in [7, 11) is 0. The molecule has 2 aromatic rings. The van der Waals surface area contributed by atoms with Crippen LogP contribution >= 0.6 is 0 Å². The molecule has 6 heteroatoms. The summed E-state index contributed by atoms with van der Waals surface area (Å²) >= 11 is 0. The average molecular weight is 326 g/mol. The minimum atomic E-state index is -4.44. The van der Waals surface area contributed by atoms with Gasteiger partial charge in [-0.2, -0.15) is 13.2 Å². The van der Waals surface area contributed by atoms with Crippen molar-refractivity contribution in [2.45, 2.75) is 45.8 Å². The molecule has 0 radical (unpaired) electrons. The van der Waals surface area contributed by atoms with E-state index >= 15 is 0 Å². The second kappa shape index (κ2) is 5.82. The number of nitrogens with zero attached hydrogens (tertiary/aromatic N) is 2. The molecule has 1 aromatic carbocycles. The molecule has 1 atom stereocenters. The van der Waals surface area contributed by atoms with Crippen molar-refractivity contribution in [1.29, 1.82) is 0 Å². The van der Waals surface area contributed by atoms with Crippen molar-refractivity contribution in [1.82, 2.24) is 9.88 Å². The summed E-state index contributed by atoms with van der Waals surface area (Å²) in [6.07, 6.45) is -3.35. The Labute approximate surface area is 133 Å². The molecule has 3 nitrogen and oxygen atoms in total. The number of alkyl halides is 3. The maximum atomic E-state index is 13.4. The highest BCUT2D eigenvalue weighted by molar-refractivity contribution is 5.78. The fraction of sp³-hybridized carbons (Fsp3) is 0.588. The first kappa shape index (κ1) is 16.3. The van der Waals surface area contributed by atoms with Gasteiger partial charge in [-0.25, -0.2) is 4.98 Å². The molecule has 3 rings (SSSR count). The topological polar surface area (TPSA) is 29.3 Å². The predicted molar refractivity (Wildman–Crippen MR) is 82.2 cm³/mol. The number of fused-ring (bicyclic) bond motifs is 1. The molecular weight excluding hydrogens is 305 g/mol. The second-order valence-electron chi connectivity index (χ2n) is 6.83. The number of halogens is 3. The van der Waals surface area contributed by atoms with Crippen molar-refractivity contribution in [3.05, 3.63) is 29.2 Å². The van der Waals surface area contributed by atoms with Crippen LogP contribution in [0.25, 0.3) is 11.1 Å². The van der Waals surface area contributed by atoms with Gasteiger partial charge in [0.05, 0.1) is 0 Å². The van der Waals surface area contributed by atoms with Gasteiger partial charge >= 0.3 is 6.18 Å². The third-order valence-electron chi connectivity index (χ3n) is 4.28. The summed E-state index contributed by atoms with van der Waals surface area (Å²) in [4.78, 5) is 6.44. The molecule has 0 unspecified atom stereocenters. The van der Waals surface area contributed by atoms with Gasteiger partial charge in [0.1, 0.15) is 11.1 Å².